The maximum Gasteiger partial charge on any atom is 0.276 e. The molecule has 0 spiro atoms. The lowest BCUT2D eigenvalue weighted by Crippen LogP contribution is -2.34. The Morgan fingerprint density at radius 1 is 1.56 bits per heavy atom. The van der Waals surface area contributed by atoms with Crippen molar-refractivity contribution in [2.45, 2.75) is 19.9 Å². The van der Waals surface area contributed by atoms with E-state index in [1.807, 2.05) is 6.92 Å². The van der Waals surface area contributed by atoms with Crippen LogP contribution in [0.3, 0.4) is 0 Å². The third-order valence-electron chi connectivity index (χ3n) is 2.92. The summed E-state index contributed by atoms with van der Waals surface area (Å²) in [7, 11) is 0. The second-order valence-electron chi connectivity index (χ2n) is 4.18. The minimum Gasteiger partial charge on any atom is -0.396 e. The number of carbonyl (C=O) groups excluding carboxylic acids is 2. The molecule has 1 aliphatic rings. The maximum atomic E-state index is 12.2. The lowest BCUT2D eigenvalue weighted by molar-refractivity contribution is -0.120. The molecule has 7 heteroatoms. The van der Waals surface area contributed by atoms with Gasteiger partial charge in [0.15, 0.2) is 5.69 Å². The summed E-state index contributed by atoms with van der Waals surface area (Å²) in [5, 5.41) is 6.87. The van der Waals surface area contributed by atoms with Crippen LogP contribution in [0.2, 0.25) is 0 Å². The molecule has 2 heterocycles. The molecular formula is C11H17N5O2. The molecule has 1 saturated heterocycles. The molecule has 18 heavy (non-hydrogen) atoms. The number of aromatic nitrogens is 2. The van der Waals surface area contributed by atoms with Crippen LogP contribution in [0.25, 0.3) is 0 Å². The first-order chi connectivity index (χ1) is 8.61. The largest absolute Gasteiger partial charge is 0.396 e. The maximum absolute atomic E-state index is 12.2. The van der Waals surface area contributed by atoms with Gasteiger partial charge in [0.05, 0.1) is 5.69 Å². The number of carbonyl (C=O) groups is 2. The molecular weight excluding hydrogens is 234 g/mol. The normalized spacial score (nSPS) is 16.3. The van der Waals surface area contributed by atoms with E-state index < -0.39 is 0 Å². The van der Waals surface area contributed by atoms with Gasteiger partial charge in [0.2, 0.25) is 5.91 Å². The van der Waals surface area contributed by atoms with Crippen molar-refractivity contribution in [3.05, 3.63) is 11.9 Å². The Balaban J connectivity index is 2.14. The average Bonchev–Trinajstić information content (AvgIpc) is 2.59. The van der Waals surface area contributed by atoms with Crippen molar-refractivity contribution in [3.63, 3.8) is 0 Å². The Kier molecular flexibility index (Phi) is 3.50. The highest BCUT2D eigenvalue weighted by Crippen LogP contribution is 2.13. The molecule has 0 radical (unpaired) electrons. The van der Waals surface area contributed by atoms with Crippen molar-refractivity contribution in [3.8, 4) is 0 Å². The molecule has 0 atom stereocenters. The quantitative estimate of drug-likeness (QED) is 0.737. The van der Waals surface area contributed by atoms with E-state index in [0.717, 1.165) is 0 Å². The first kappa shape index (κ1) is 12.4. The smallest absolute Gasteiger partial charge is 0.276 e. The van der Waals surface area contributed by atoms with Crippen molar-refractivity contribution in [1.29, 1.82) is 0 Å². The predicted molar refractivity (Wildman–Crippen MR) is 65.8 cm³/mol. The fourth-order valence-corrected chi connectivity index (χ4v) is 1.88. The van der Waals surface area contributed by atoms with E-state index in [0.29, 0.717) is 38.3 Å². The highest BCUT2D eigenvalue weighted by molar-refractivity contribution is 5.97. The lowest BCUT2D eigenvalue weighted by atomic mass is 10.3. The summed E-state index contributed by atoms with van der Waals surface area (Å²) < 4.78 is 1.63. The molecule has 1 fully saturated rings. The Bertz CT molecular complexity index is 468. The molecule has 7 nitrogen and oxygen atoms in total. The van der Waals surface area contributed by atoms with E-state index in [1.54, 1.807) is 15.8 Å². The van der Waals surface area contributed by atoms with Gasteiger partial charge in [-0.1, -0.05) is 0 Å². The summed E-state index contributed by atoms with van der Waals surface area (Å²) in [5.41, 5.74) is 6.43. The second kappa shape index (κ2) is 5.07. The van der Waals surface area contributed by atoms with Gasteiger partial charge in [0.25, 0.3) is 5.91 Å². The molecule has 2 rings (SSSR count). The molecule has 0 aromatic carbocycles. The summed E-state index contributed by atoms with van der Waals surface area (Å²) >= 11 is 0. The fraction of sp³-hybridized carbons (Fsp3) is 0.545. The van der Waals surface area contributed by atoms with Crippen LogP contribution in [0.5, 0.6) is 0 Å². The van der Waals surface area contributed by atoms with Crippen molar-refractivity contribution < 1.29 is 9.59 Å². The van der Waals surface area contributed by atoms with Gasteiger partial charge < -0.3 is 16.0 Å². The van der Waals surface area contributed by atoms with E-state index in [1.165, 1.54) is 0 Å². The average molecular weight is 251 g/mol. The lowest BCUT2D eigenvalue weighted by Gasteiger charge is -2.18. The van der Waals surface area contributed by atoms with Crippen LogP contribution in [-0.4, -0.2) is 46.1 Å². The molecule has 1 aromatic rings. The first-order valence-corrected chi connectivity index (χ1v) is 6.00. The number of hydrogen-bond acceptors (Lipinski definition) is 4. The van der Waals surface area contributed by atoms with E-state index in [-0.39, 0.29) is 17.5 Å². The molecule has 0 saturated carbocycles. The van der Waals surface area contributed by atoms with Crippen LogP contribution >= 0.6 is 0 Å². The van der Waals surface area contributed by atoms with Gasteiger partial charge in [-0.25, -0.2) is 0 Å². The molecule has 0 aliphatic carbocycles. The predicted octanol–water partition coefficient (Wildman–Crippen LogP) is -0.553. The Labute approximate surface area is 105 Å². The molecule has 0 bridgehead atoms. The molecule has 2 amide bonds. The van der Waals surface area contributed by atoms with Gasteiger partial charge in [-0.05, 0) is 6.92 Å². The monoisotopic (exact) mass is 251 g/mol. The molecule has 0 unspecified atom stereocenters. The number of nitrogens with two attached hydrogens (primary N) is 1. The number of aryl methyl sites for hydroxylation is 1. The van der Waals surface area contributed by atoms with Crippen LogP contribution in [0.15, 0.2) is 6.20 Å². The van der Waals surface area contributed by atoms with Crippen LogP contribution in [0.4, 0.5) is 5.69 Å². The number of nitrogens with one attached hydrogen (secondary N) is 1. The third kappa shape index (κ3) is 2.44. The number of hydrogen-bond donors (Lipinski definition) is 2. The summed E-state index contributed by atoms with van der Waals surface area (Å²) in [6.07, 6.45) is 1.97. The van der Waals surface area contributed by atoms with Crippen molar-refractivity contribution in [2.24, 2.45) is 0 Å². The highest BCUT2D eigenvalue weighted by Gasteiger charge is 2.23. The Morgan fingerprint density at radius 3 is 3.00 bits per heavy atom. The van der Waals surface area contributed by atoms with Gasteiger partial charge in [-0.2, -0.15) is 5.10 Å². The number of rotatable bonds is 2. The zero-order valence-electron chi connectivity index (χ0n) is 10.3. The van der Waals surface area contributed by atoms with Gasteiger partial charge in [-0.3, -0.25) is 14.3 Å². The van der Waals surface area contributed by atoms with Crippen LogP contribution < -0.4 is 11.1 Å². The zero-order chi connectivity index (χ0) is 13.1. The topological polar surface area (TPSA) is 93.2 Å². The van der Waals surface area contributed by atoms with Gasteiger partial charge in [-0.15, -0.1) is 0 Å². The summed E-state index contributed by atoms with van der Waals surface area (Å²) in [5.74, 6) is -0.242. The van der Waals surface area contributed by atoms with Crippen molar-refractivity contribution >= 4 is 17.5 Å². The summed E-state index contributed by atoms with van der Waals surface area (Å²) in [6.45, 7) is 3.96. The van der Waals surface area contributed by atoms with Gasteiger partial charge >= 0.3 is 0 Å². The number of nitrogens with zero attached hydrogens (tertiary/aromatic N) is 3. The Hall–Kier alpha value is -2.05. The standard InChI is InChI=1S/C11H17N5O2/c1-2-16-7-8(12)10(14-16)11(18)15-5-3-9(17)13-4-6-15/h7H,2-6,12H2,1H3,(H,13,17). The minimum atomic E-state index is -0.212. The minimum absolute atomic E-state index is 0.0302. The molecule has 1 aliphatic heterocycles. The first-order valence-electron chi connectivity index (χ1n) is 6.00. The van der Waals surface area contributed by atoms with Crippen molar-refractivity contribution in [1.82, 2.24) is 20.0 Å². The zero-order valence-corrected chi connectivity index (χ0v) is 10.3. The second-order valence-corrected chi connectivity index (χ2v) is 4.18. The Morgan fingerprint density at radius 2 is 2.33 bits per heavy atom. The van der Waals surface area contributed by atoms with Crippen LogP contribution in [-0.2, 0) is 11.3 Å². The number of nitrogen functional groups attached to an aromatic ring is 1. The van der Waals surface area contributed by atoms with E-state index in [2.05, 4.69) is 10.4 Å². The van der Waals surface area contributed by atoms with E-state index in [9.17, 15) is 9.59 Å². The summed E-state index contributed by atoms with van der Waals surface area (Å²) in [6, 6.07) is 0. The SMILES string of the molecule is CCn1cc(N)c(C(=O)N2CCNC(=O)CC2)n1. The van der Waals surface area contributed by atoms with E-state index in [4.69, 9.17) is 5.73 Å². The molecule has 98 valence electrons. The van der Waals surface area contributed by atoms with Gasteiger partial charge in [0.1, 0.15) is 0 Å². The van der Waals surface area contributed by atoms with Crippen LogP contribution in [0, 0.1) is 0 Å². The molecule has 3 N–H and O–H groups in total. The fourth-order valence-electron chi connectivity index (χ4n) is 1.88. The molecule has 1 aromatic heterocycles. The van der Waals surface area contributed by atoms with E-state index >= 15 is 0 Å². The number of anilines is 1. The van der Waals surface area contributed by atoms with Gasteiger partial charge in [0, 0.05) is 38.8 Å². The van der Waals surface area contributed by atoms with Crippen molar-refractivity contribution in [2.75, 3.05) is 25.4 Å². The highest BCUT2D eigenvalue weighted by atomic mass is 16.2. The third-order valence-corrected chi connectivity index (χ3v) is 2.92. The summed E-state index contributed by atoms with van der Waals surface area (Å²) in [4.78, 5) is 25.1. The van der Waals surface area contributed by atoms with Crippen LogP contribution in [0.1, 0.15) is 23.8 Å². The number of amides is 2.